The van der Waals surface area contributed by atoms with Gasteiger partial charge in [0.25, 0.3) is 0 Å². The van der Waals surface area contributed by atoms with E-state index in [-0.39, 0.29) is 18.6 Å². The van der Waals surface area contributed by atoms with Crippen LogP contribution in [0.15, 0.2) is 0 Å². The van der Waals surface area contributed by atoms with Crippen LogP contribution < -0.4 is 0 Å². The number of likely N-dealkylation sites (tertiary alicyclic amines) is 1. The standard InChI is InChI=1S/C13H25NO3/c1-11(2)10-13(16)14-6-4-12(5-7-14)17-9-3-8-15/h11-12,15H,3-10H2,1-2H3. The molecule has 1 saturated heterocycles. The molecule has 1 aliphatic heterocycles. The van der Waals surface area contributed by atoms with Gasteiger partial charge in [0.1, 0.15) is 0 Å². The molecule has 0 bridgehead atoms. The van der Waals surface area contributed by atoms with E-state index in [0.29, 0.717) is 25.4 Å². The van der Waals surface area contributed by atoms with Gasteiger partial charge in [0.2, 0.25) is 5.91 Å². The molecular formula is C13H25NO3. The van der Waals surface area contributed by atoms with Crippen LogP contribution in [0.5, 0.6) is 0 Å². The first-order valence-electron chi connectivity index (χ1n) is 6.63. The third-order valence-electron chi connectivity index (χ3n) is 3.03. The van der Waals surface area contributed by atoms with E-state index in [9.17, 15) is 4.79 Å². The maximum Gasteiger partial charge on any atom is 0.222 e. The summed E-state index contributed by atoms with van der Waals surface area (Å²) in [6.45, 7) is 6.59. The van der Waals surface area contributed by atoms with Crippen molar-refractivity contribution in [1.29, 1.82) is 0 Å². The van der Waals surface area contributed by atoms with Gasteiger partial charge in [-0.15, -0.1) is 0 Å². The van der Waals surface area contributed by atoms with Crippen molar-refractivity contribution in [2.75, 3.05) is 26.3 Å². The number of nitrogens with zero attached hydrogens (tertiary/aromatic N) is 1. The number of rotatable bonds is 6. The van der Waals surface area contributed by atoms with Crippen molar-refractivity contribution in [3.8, 4) is 0 Å². The molecule has 0 unspecified atom stereocenters. The fraction of sp³-hybridized carbons (Fsp3) is 0.923. The third kappa shape index (κ3) is 5.50. The second kappa shape index (κ2) is 7.67. The Morgan fingerprint density at radius 1 is 1.41 bits per heavy atom. The molecule has 0 aromatic heterocycles. The van der Waals surface area contributed by atoms with Crippen LogP contribution in [0, 0.1) is 5.92 Å². The number of hydrogen-bond donors (Lipinski definition) is 1. The number of carbonyl (C=O) groups is 1. The van der Waals surface area contributed by atoms with E-state index in [0.717, 1.165) is 25.9 Å². The quantitative estimate of drug-likeness (QED) is 0.718. The second-order valence-corrected chi connectivity index (χ2v) is 5.13. The van der Waals surface area contributed by atoms with Crippen LogP contribution in [0.2, 0.25) is 0 Å². The largest absolute Gasteiger partial charge is 0.396 e. The fourth-order valence-corrected chi connectivity index (χ4v) is 2.06. The van der Waals surface area contributed by atoms with Crippen LogP contribution in [0.4, 0.5) is 0 Å². The molecule has 0 aliphatic carbocycles. The van der Waals surface area contributed by atoms with Crippen LogP contribution in [0.1, 0.15) is 39.5 Å². The summed E-state index contributed by atoms with van der Waals surface area (Å²) in [5.74, 6) is 0.704. The Labute approximate surface area is 104 Å². The van der Waals surface area contributed by atoms with Crippen molar-refractivity contribution in [2.45, 2.75) is 45.6 Å². The topological polar surface area (TPSA) is 49.8 Å². The summed E-state index contributed by atoms with van der Waals surface area (Å²) in [6, 6.07) is 0. The van der Waals surface area contributed by atoms with Crippen LogP contribution in [0.3, 0.4) is 0 Å². The molecule has 1 N–H and O–H groups in total. The first-order chi connectivity index (χ1) is 8.13. The van der Waals surface area contributed by atoms with Crippen LogP contribution in [-0.4, -0.2) is 48.3 Å². The van der Waals surface area contributed by atoms with Gasteiger partial charge in [0.15, 0.2) is 0 Å². The SMILES string of the molecule is CC(C)CC(=O)N1CCC(OCCCO)CC1. The van der Waals surface area contributed by atoms with Crippen molar-refractivity contribution >= 4 is 5.91 Å². The van der Waals surface area contributed by atoms with E-state index in [1.54, 1.807) is 0 Å². The summed E-state index contributed by atoms with van der Waals surface area (Å²) >= 11 is 0. The predicted molar refractivity (Wildman–Crippen MR) is 66.7 cm³/mol. The molecule has 100 valence electrons. The summed E-state index contributed by atoms with van der Waals surface area (Å²) in [6.07, 6.45) is 3.47. The first-order valence-corrected chi connectivity index (χ1v) is 6.63. The molecule has 4 heteroatoms. The summed E-state index contributed by atoms with van der Waals surface area (Å²) in [4.78, 5) is 13.8. The lowest BCUT2D eigenvalue weighted by molar-refractivity contribution is -0.134. The Hall–Kier alpha value is -0.610. The van der Waals surface area contributed by atoms with Gasteiger partial charge in [0, 0.05) is 32.7 Å². The Morgan fingerprint density at radius 2 is 2.06 bits per heavy atom. The molecule has 1 fully saturated rings. The van der Waals surface area contributed by atoms with Crippen LogP contribution in [-0.2, 0) is 9.53 Å². The average Bonchev–Trinajstić information content (AvgIpc) is 2.29. The maximum absolute atomic E-state index is 11.8. The molecule has 0 aromatic rings. The summed E-state index contributed by atoms with van der Waals surface area (Å²) in [7, 11) is 0. The normalized spacial score (nSPS) is 17.8. The highest BCUT2D eigenvalue weighted by molar-refractivity contribution is 5.76. The predicted octanol–water partition coefficient (Wildman–Crippen LogP) is 1.42. The van der Waals surface area contributed by atoms with Crippen molar-refractivity contribution in [2.24, 2.45) is 5.92 Å². The maximum atomic E-state index is 11.8. The zero-order valence-corrected chi connectivity index (χ0v) is 11.0. The highest BCUT2D eigenvalue weighted by atomic mass is 16.5. The zero-order valence-electron chi connectivity index (χ0n) is 11.0. The van der Waals surface area contributed by atoms with E-state index in [2.05, 4.69) is 13.8 Å². The van der Waals surface area contributed by atoms with Crippen molar-refractivity contribution < 1.29 is 14.6 Å². The van der Waals surface area contributed by atoms with Gasteiger partial charge in [-0.2, -0.15) is 0 Å². The number of amides is 1. The highest BCUT2D eigenvalue weighted by Crippen LogP contribution is 2.16. The summed E-state index contributed by atoms with van der Waals surface area (Å²) in [5, 5.41) is 8.66. The smallest absolute Gasteiger partial charge is 0.222 e. The van der Waals surface area contributed by atoms with Crippen molar-refractivity contribution in [1.82, 2.24) is 4.90 Å². The molecule has 1 amide bonds. The Morgan fingerprint density at radius 3 is 2.59 bits per heavy atom. The molecule has 0 atom stereocenters. The number of ether oxygens (including phenoxy) is 1. The minimum atomic E-state index is 0.186. The van der Waals surface area contributed by atoms with Crippen LogP contribution in [0.25, 0.3) is 0 Å². The monoisotopic (exact) mass is 243 g/mol. The van der Waals surface area contributed by atoms with E-state index in [1.807, 2.05) is 4.90 Å². The molecule has 0 saturated carbocycles. The summed E-state index contributed by atoms with van der Waals surface area (Å²) < 4.78 is 5.63. The lowest BCUT2D eigenvalue weighted by Gasteiger charge is -2.32. The zero-order chi connectivity index (χ0) is 12.7. The summed E-state index contributed by atoms with van der Waals surface area (Å²) in [5.41, 5.74) is 0. The lowest BCUT2D eigenvalue weighted by Crippen LogP contribution is -2.41. The molecule has 1 rings (SSSR count). The van der Waals surface area contributed by atoms with E-state index in [4.69, 9.17) is 9.84 Å². The Balaban J connectivity index is 2.18. The van der Waals surface area contributed by atoms with Gasteiger partial charge < -0.3 is 14.7 Å². The van der Waals surface area contributed by atoms with Gasteiger partial charge in [-0.3, -0.25) is 4.79 Å². The van der Waals surface area contributed by atoms with Crippen molar-refractivity contribution in [3.05, 3.63) is 0 Å². The Bertz CT molecular complexity index is 223. The van der Waals surface area contributed by atoms with E-state index < -0.39 is 0 Å². The van der Waals surface area contributed by atoms with Gasteiger partial charge in [0.05, 0.1) is 6.10 Å². The van der Waals surface area contributed by atoms with E-state index >= 15 is 0 Å². The number of carbonyl (C=O) groups excluding carboxylic acids is 1. The molecular weight excluding hydrogens is 218 g/mol. The first kappa shape index (κ1) is 14.5. The number of hydrogen-bond acceptors (Lipinski definition) is 3. The minimum Gasteiger partial charge on any atom is -0.396 e. The van der Waals surface area contributed by atoms with Gasteiger partial charge >= 0.3 is 0 Å². The van der Waals surface area contributed by atoms with Gasteiger partial charge in [-0.25, -0.2) is 0 Å². The van der Waals surface area contributed by atoms with Crippen LogP contribution >= 0.6 is 0 Å². The molecule has 0 aromatic carbocycles. The number of piperidine rings is 1. The Kier molecular flexibility index (Phi) is 6.52. The highest BCUT2D eigenvalue weighted by Gasteiger charge is 2.23. The molecule has 1 aliphatic rings. The number of aliphatic hydroxyl groups is 1. The minimum absolute atomic E-state index is 0.186. The third-order valence-corrected chi connectivity index (χ3v) is 3.03. The van der Waals surface area contributed by atoms with Gasteiger partial charge in [-0.1, -0.05) is 13.8 Å². The second-order valence-electron chi connectivity index (χ2n) is 5.13. The van der Waals surface area contributed by atoms with Crippen molar-refractivity contribution in [3.63, 3.8) is 0 Å². The molecule has 17 heavy (non-hydrogen) atoms. The number of aliphatic hydroxyl groups excluding tert-OH is 1. The fourth-order valence-electron chi connectivity index (χ4n) is 2.06. The molecule has 0 spiro atoms. The molecule has 4 nitrogen and oxygen atoms in total. The van der Waals surface area contributed by atoms with Gasteiger partial charge in [-0.05, 0) is 25.2 Å². The van der Waals surface area contributed by atoms with E-state index in [1.165, 1.54) is 0 Å². The molecule has 0 radical (unpaired) electrons. The molecule has 1 heterocycles. The lowest BCUT2D eigenvalue weighted by atomic mass is 10.1. The average molecular weight is 243 g/mol.